The summed E-state index contributed by atoms with van der Waals surface area (Å²) in [5, 5.41) is 3.32. The van der Waals surface area contributed by atoms with E-state index in [1.807, 2.05) is 12.1 Å². The Balaban J connectivity index is 2.21. The molecule has 0 spiro atoms. The van der Waals surface area contributed by atoms with Crippen LogP contribution in [-0.2, 0) is 11.2 Å². The molecule has 1 aromatic rings. The number of methoxy groups -OCH3 is 2. The summed E-state index contributed by atoms with van der Waals surface area (Å²) in [5.41, 5.74) is 1.26. The van der Waals surface area contributed by atoms with Crippen LogP contribution in [0.5, 0.6) is 11.5 Å². The van der Waals surface area contributed by atoms with E-state index in [1.54, 1.807) is 14.2 Å². The quantitative estimate of drug-likeness (QED) is 0.633. The van der Waals surface area contributed by atoms with Crippen LogP contribution < -0.4 is 14.8 Å². The highest BCUT2D eigenvalue weighted by atomic mass is 16.5. The molecule has 4 nitrogen and oxygen atoms in total. The molecule has 0 fully saturated rings. The first-order valence-corrected chi connectivity index (χ1v) is 7.31. The van der Waals surface area contributed by atoms with Crippen molar-refractivity contribution in [1.82, 2.24) is 5.32 Å². The summed E-state index contributed by atoms with van der Waals surface area (Å²) in [6, 6.07) is 6.13. The lowest BCUT2D eigenvalue weighted by Crippen LogP contribution is -2.20. The van der Waals surface area contributed by atoms with Gasteiger partial charge in [-0.05, 0) is 43.5 Å². The number of aryl methyl sites for hydroxylation is 1. The maximum Gasteiger partial charge on any atom is 0.161 e. The second kappa shape index (κ2) is 10.5. The van der Waals surface area contributed by atoms with Gasteiger partial charge in [-0.15, -0.1) is 0 Å². The number of unbranched alkanes of at least 4 members (excludes halogenated alkanes) is 1. The lowest BCUT2D eigenvalue weighted by atomic mass is 10.1. The van der Waals surface area contributed by atoms with Gasteiger partial charge in [0.05, 0.1) is 20.3 Å². The number of ether oxygens (including phenoxy) is 3. The Bertz CT molecular complexity index is 369. The van der Waals surface area contributed by atoms with Gasteiger partial charge in [0, 0.05) is 13.7 Å². The molecule has 0 unspecified atom stereocenters. The fourth-order valence-corrected chi connectivity index (χ4v) is 1.88. The third-order valence-electron chi connectivity index (χ3n) is 3.12. The lowest BCUT2D eigenvalue weighted by molar-refractivity contribution is 0.199. The summed E-state index contributed by atoms with van der Waals surface area (Å²) in [5.74, 6) is 1.65. The Kier molecular flexibility index (Phi) is 8.83. The molecule has 20 heavy (non-hydrogen) atoms. The van der Waals surface area contributed by atoms with E-state index in [0.717, 1.165) is 50.5 Å². The first-order valence-electron chi connectivity index (χ1n) is 7.31. The summed E-state index contributed by atoms with van der Waals surface area (Å²) in [6.45, 7) is 5.51. The monoisotopic (exact) mass is 281 g/mol. The number of benzene rings is 1. The highest BCUT2D eigenvalue weighted by molar-refractivity contribution is 5.42. The topological polar surface area (TPSA) is 39.7 Å². The zero-order chi connectivity index (χ0) is 14.6. The Morgan fingerprint density at radius 2 is 1.85 bits per heavy atom. The van der Waals surface area contributed by atoms with Gasteiger partial charge in [-0.1, -0.05) is 13.0 Å². The number of rotatable bonds is 11. The van der Waals surface area contributed by atoms with Crippen LogP contribution in [0.3, 0.4) is 0 Å². The molecule has 0 aliphatic carbocycles. The van der Waals surface area contributed by atoms with Crippen molar-refractivity contribution in [2.75, 3.05) is 40.5 Å². The maximum atomic E-state index is 5.78. The van der Waals surface area contributed by atoms with Crippen molar-refractivity contribution in [3.63, 3.8) is 0 Å². The Morgan fingerprint density at radius 3 is 2.55 bits per heavy atom. The number of hydrogen-bond donors (Lipinski definition) is 1. The van der Waals surface area contributed by atoms with Gasteiger partial charge in [-0.3, -0.25) is 0 Å². The fraction of sp³-hybridized carbons (Fsp3) is 0.625. The highest BCUT2D eigenvalue weighted by Gasteiger charge is 2.04. The molecule has 0 saturated carbocycles. The van der Waals surface area contributed by atoms with Gasteiger partial charge in [0.25, 0.3) is 0 Å². The minimum Gasteiger partial charge on any atom is -0.493 e. The molecule has 0 heterocycles. The first kappa shape index (κ1) is 16.8. The van der Waals surface area contributed by atoms with E-state index in [2.05, 4.69) is 18.3 Å². The van der Waals surface area contributed by atoms with Crippen molar-refractivity contribution >= 4 is 0 Å². The minimum absolute atomic E-state index is 0.716. The molecule has 114 valence electrons. The van der Waals surface area contributed by atoms with Crippen molar-refractivity contribution in [2.45, 2.75) is 26.2 Å². The van der Waals surface area contributed by atoms with Gasteiger partial charge in [-0.2, -0.15) is 0 Å². The van der Waals surface area contributed by atoms with Crippen LogP contribution in [0.2, 0.25) is 0 Å². The van der Waals surface area contributed by atoms with Crippen molar-refractivity contribution in [2.24, 2.45) is 0 Å². The standard InChI is InChI=1S/C16H27NO3/c1-4-14-7-8-15(16(13-14)19-3)20-11-6-5-9-17-10-12-18-2/h7-8,13,17H,4-6,9-12H2,1-3H3. The van der Waals surface area contributed by atoms with Gasteiger partial charge in [0.2, 0.25) is 0 Å². The Morgan fingerprint density at radius 1 is 1.00 bits per heavy atom. The molecule has 0 amide bonds. The Labute approximate surface area is 122 Å². The van der Waals surface area contributed by atoms with Crippen molar-refractivity contribution < 1.29 is 14.2 Å². The zero-order valence-electron chi connectivity index (χ0n) is 12.9. The van der Waals surface area contributed by atoms with Gasteiger partial charge >= 0.3 is 0 Å². The van der Waals surface area contributed by atoms with E-state index in [1.165, 1.54) is 5.56 Å². The van der Waals surface area contributed by atoms with Gasteiger partial charge in [-0.25, -0.2) is 0 Å². The third-order valence-corrected chi connectivity index (χ3v) is 3.12. The van der Waals surface area contributed by atoms with Crippen molar-refractivity contribution in [3.05, 3.63) is 23.8 Å². The van der Waals surface area contributed by atoms with Crippen LogP contribution in [0.25, 0.3) is 0 Å². The van der Waals surface area contributed by atoms with E-state index in [0.29, 0.717) is 6.61 Å². The molecule has 0 aromatic heterocycles. The second-order valence-corrected chi connectivity index (χ2v) is 4.64. The van der Waals surface area contributed by atoms with E-state index in [-0.39, 0.29) is 0 Å². The van der Waals surface area contributed by atoms with E-state index in [4.69, 9.17) is 14.2 Å². The molecular weight excluding hydrogens is 254 g/mol. The number of hydrogen-bond acceptors (Lipinski definition) is 4. The van der Waals surface area contributed by atoms with Crippen molar-refractivity contribution in [3.8, 4) is 11.5 Å². The smallest absolute Gasteiger partial charge is 0.161 e. The molecule has 1 N–H and O–H groups in total. The normalized spacial score (nSPS) is 10.6. The lowest BCUT2D eigenvalue weighted by Gasteiger charge is -2.12. The highest BCUT2D eigenvalue weighted by Crippen LogP contribution is 2.28. The molecule has 0 aliphatic rings. The first-order chi connectivity index (χ1) is 9.81. The molecule has 1 aromatic carbocycles. The molecular formula is C16H27NO3. The molecule has 1 rings (SSSR count). The second-order valence-electron chi connectivity index (χ2n) is 4.64. The van der Waals surface area contributed by atoms with Gasteiger partial charge in [0.15, 0.2) is 11.5 Å². The molecule has 4 heteroatoms. The van der Waals surface area contributed by atoms with Crippen LogP contribution >= 0.6 is 0 Å². The summed E-state index contributed by atoms with van der Waals surface area (Å²) < 4.78 is 16.1. The molecule has 0 saturated heterocycles. The van der Waals surface area contributed by atoms with Gasteiger partial charge < -0.3 is 19.5 Å². The molecule has 0 radical (unpaired) electrons. The number of nitrogens with one attached hydrogen (secondary N) is 1. The van der Waals surface area contributed by atoms with Crippen molar-refractivity contribution in [1.29, 1.82) is 0 Å². The van der Waals surface area contributed by atoms with Crippen LogP contribution in [0.15, 0.2) is 18.2 Å². The SMILES string of the molecule is CCc1ccc(OCCCCNCCOC)c(OC)c1. The molecule has 0 bridgehead atoms. The zero-order valence-corrected chi connectivity index (χ0v) is 12.9. The minimum atomic E-state index is 0.716. The van der Waals surface area contributed by atoms with Crippen LogP contribution in [-0.4, -0.2) is 40.5 Å². The van der Waals surface area contributed by atoms with E-state index in [9.17, 15) is 0 Å². The van der Waals surface area contributed by atoms with Crippen LogP contribution in [0, 0.1) is 0 Å². The van der Waals surface area contributed by atoms with E-state index >= 15 is 0 Å². The maximum absolute atomic E-state index is 5.78. The van der Waals surface area contributed by atoms with Gasteiger partial charge in [0.1, 0.15) is 0 Å². The molecule has 0 atom stereocenters. The fourth-order valence-electron chi connectivity index (χ4n) is 1.88. The largest absolute Gasteiger partial charge is 0.493 e. The summed E-state index contributed by atoms with van der Waals surface area (Å²) >= 11 is 0. The predicted octanol–water partition coefficient (Wildman–Crippen LogP) is 2.65. The van der Waals surface area contributed by atoms with Crippen LogP contribution in [0.4, 0.5) is 0 Å². The van der Waals surface area contributed by atoms with E-state index < -0.39 is 0 Å². The van der Waals surface area contributed by atoms with Crippen LogP contribution in [0.1, 0.15) is 25.3 Å². The summed E-state index contributed by atoms with van der Waals surface area (Å²) in [4.78, 5) is 0. The summed E-state index contributed by atoms with van der Waals surface area (Å²) in [6.07, 6.45) is 3.13. The predicted molar refractivity (Wildman–Crippen MR) is 81.8 cm³/mol. The average Bonchev–Trinajstić information content (AvgIpc) is 2.50. The Hall–Kier alpha value is -1.26. The third kappa shape index (κ3) is 6.26. The molecule has 0 aliphatic heterocycles. The average molecular weight is 281 g/mol. The summed E-state index contributed by atoms with van der Waals surface area (Å²) in [7, 11) is 3.40.